The van der Waals surface area contributed by atoms with Crippen LogP contribution in [0.25, 0.3) is 0 Å². The lowest BCUT2D eigenvalue weighted by Gasteiger charge is -2.39. The Kier molecular flexibility index (Phi) is 4.21. The minimum Gasteiger partial charge on any atom is -0.391 e. The molecule has 0 aromatic carbocycles. The highest BCUT2D eigenvalue weighted by atomic mass is 16.3. The topological polar surface area (TPSA) is 23.5 Å². The molecule has 2 unspecified atom stereocenters. The van der Waals surface area contributed by atoms with Crippen LogP contribution >= 0.6 is 0 Å². The molecule has 0 amide bonds. The summed E-state index contributed by atoms with van der Waals surface area (Å²) in [7, 11) is 4.01. The summed E-state index contributed by atoms with van der Waals surface area (Å²) in [6.45, 7) is 8.35. The lowest BCUT2D eigenvalue weighted by atomic mass is 9.86. The van der Waals surface area contributed by atoms with Gasteiger partial charge in [-0.1, -0.05) is 20.3 Å². The summed E-state index contributed by atoms with van der Waals surface area (Å²) >= 11 is 0. The first-order chi connectivity index (χ1) is 5.34. The summed E-state index contributed by atoms with van der Waals surface area (Å²) in [5.74, 6) is 0.363. The number of likely N-dealkylation sites (N-methyl/N-ethyl adjacent to an activating group) is 1. The predicted octanol–water partition coefficient (Wildman–Crippen LogP) is 1.73. The molecule has 0 bridgehead atoms. The monoisotopic (exact) mass is 173 g/mol. The van der Waals surface area contributed by atoms with Crippen molar-refractivity contribution in [2.24, 2.45) is 5.92 Å². The molecule has 0 saturated carbocycles. The fraction of sp³-hybridized carbons (Fsp3) is 1.00. The zero-order chi connectivity index (χ0) is 9.94. The van der Waals surface area contributed by atoms with Crippen LogP contribution in [0.2, 0.25) is 0 Å². The summed E-state index contributed by atoms with van der Waals surface area (Å²) in [6.07, 6.45) is 0.774. The maximum atomic E-state index is 9.97. The molecule has 0 rings (SSSR count). The largest absolute Gasteiger partial charge is 0.391 e. The van der Waals surface area contributed by atoms with Crippen LogP contribution in [0.15, 0.2) is 0 Å². The molecule has 0 fully saturated rings. The number of hydrogen-bond acceptors (Lipinski definition) is 2. The molecular weight excluding hydrogens is 150 g/mol. The summed E-state index contributed by atoms with van der Waals surface area (Å²) in [5.41, 5.74) is -0.130. The highest BCUT2D eigenvalue weighted by Gasteiger charge is 2.32. The normalized spacial score (nSPS) is 18.0. The maximum absolute atomic E-state index is 9.97. The average molecular weight is 173 g/mol. The first-order valence-corrected chi connectivity index (χ1v) is 4.69. The van der Waals surface area contributed by atoms with Gasteiger partial charge in [0.1, 0.15) is 0 Å². The van der Waals surface area contributed by atoms with Gasteiger partial charge in [-0.15, -0.1) is 0 Å². The molecule has 2 heteroatoms. The van der Waals surface area contributed by atoms with Gasteiger partial charge < -0.3 is 10.0 Å². The van der Waals surface area contributed by atoms with E-state index >= 15 is 0 Å². The van der Waals surface area contributed by atoms with Gasteiger partial charge in [-0.3, -0.25) is 0 Å². The van der Waals surface area contributed by atoms with Gasteiger partial charge in [0.05, 0.1) is 6.10 Å². The third-order valence-electron chi connectivity index (χ3n) is 3.06. The van der Waals surface area contributed by atoms with E-state index in [0.29, 0.717) is 5.92 Å². The third kappa shape index (κ3) is 2.46. The molecule has 0 spiro atoms. The van der Waals surface area contributed by atoms with Crippen LogP contribution in [0, 0.1) is 5.92 Å². The van der Waals surface area contributed by atoms with Gasteiger partial charge in [-0.05, 0) is 33.9 Å². The van der Waals surface area contributed by atoms with Gasteiger partial charge in [-0.2, -0.15) is 0 Å². The van der Waals surface area contributed by atoms with Crippen LogP contribution in [0.5, 0.6) is 0 Å². The molecule has 0 aliphatic heterocycles. The quantitative estimate of drug-likeness (QED) is 0.700. The Hall–Kier alpha value is -0.0800. The Bertz CT molecular complexity index is 132. The van der Waals surface area contributed by atoms with Crippen molar-refractivity contribution in [3.05, 3.63) is 0 Å². The minimum atomic E-state index is -0.252. The standard InChI is InChI=1S/C10H23NO/c1-7-8(2)9(12)10(3,4)11(5)6/h8-9,12H,7H2,1-6H3. The van der Waals surface area contributed by atoms with E-state index in [-0.39, 0.29) is 11.6 Å². The smallest absolute Gasteiger partial charge is 0.0743 e. The first kappa shape index (κ1) is 11.9. The van der Waals surface area contributed by atoms with E-state index in [1.54, 1.807) is 0 Å². The number of nitrogens with zero attached hydrogens (tertiary/aromatic N) is 1. The van der Waals surface area contributed by atoms with Crippen molar-refractivity contribution in [1.29, 1.82) is 0 Å². The van der Waals surface area contributed by atoms with Gasteiger partial charge in [-0.25, -0.2) is 0 Å². The van der Waals surface area contributed by atoms with E-state index in [2.05, 4.69) is 32.6 Å². The zero-order valence-corrected chi connectivity index (χ0v) is 9.26. The van der Waals surface area contributed by atoms with Crippen molar-refractivity contribution in [3.63, 3.8) is 0 Å². The Morgan fingerprint density at radius 1 is 1.33 bits per heavy atom. The molecule has 0 radical (unpaired) electrons. The fourth-order valence-corrected chi connectivity index (χ4v) is 1.18. The number of aliphatic hydroxyl groups is 1. The predicted molar refractivity (Wildman–Crippen MR) is 53.2 cm³/mol. The van der Waals surface area contributed by atoms with Crippen LogP contribution in [0.4, 0.5) is 0 Å². The lowest BCUT2D eigenvalue weighted by molar-refractivity contribution is -0.0171. The maximum Gasteiger partial charge on any atom is 0.0743 e. The third-order valence-corrected chi connectivity index (χ3v) is 3.06. The first-order valence-electron chi connectivity index (χ1n) is 4.69. The molecular formula is C10H23NO. The Labute approximate surface area is 76.6 Å². The molecule has 0 aromatic heterocycles. The van der Waals surface area contributed by atoms with Crippen LogP contribution < -0.4 is 0 Å². The van der Waals surface area contributed by atoms with Crippen molar-refractivity contribution in [2.75, 3.05) is 14.1 Å². The molecule has 0 aliphatic carbocycles. The Morgan fingerprint density at radius 3 is 2.00 bits per heavy atom. The molecule has 0 aromatic rings. The van der Waals surface area contributed by atoms with Gasteiger partial charge >= 0.3 is 0 Å². The van der Waals surface area contributed by atoms with Crippen LogP contribution in [0.3, 0.4) is 0 Å². The summed E-state index contributed by atoms with van der Waals surface area (Å²) in [6, 6.07) is 0. The van der Waals surface area contributed by atoms with E-state index in [0.717, 1.165) is 6.42 Å². The SMILES string of the molecule is CCC(C)C(O)C(C)(C)N(C)C. The lowest BCUT2D eigenvalue weighted by Crippen LogP contribution is -2.51. The number of aliphatic hydroxyl groups excluding tert-OH is 1. The van der Waals surface area contributed by atoms with Crippen molar-refractivity contribution in [2.45, 2.75) is 45.8 Å². The molecule has 0 aliphatic rings. The second kappa shape index (κ2) is 4.24. The van der Waals surface area contributed by atoms with E-state index in [1.807, 2.05) is 14.1 Å². The van der Waals surface area contributed by atoms with Crippen LogP contribution in [-0.4, -0.2) is 35.7 Å². The average Bonchev–Trinajstić information content (AvgIpc) is 2.01. The van der Waals surface area contributed by atoms with Gasteiger partial charge in [0, 0.05) is 5.54 Å². The molecule has 2 atom stereocenters. The highest BCUT2D eigenvalue weighted by molar-refractivity contribution is 4.88. The van der Waals surface area contributed by atoms with E-state index in [9.17, 15) is 5.11 Å². The molecule has 1 N–H and O–H groups in total. The molecule has 74 valence electrons. The van der Waals surface area contributed by atoms with Gasteiger partial charge in [0.25, 0.3) is 0 Å². The summed E-state index contributed by atoms with van der Waals surface area (Å²) in [4.78, 5) is 2.07. The zero-order valence-electron chi connectivity index (χ0n) is 9.26. The second-order valence-corrected chi connectivity index (χ2v) is 4.38. The van der Waals surface area contributed by atoms with E-state index in [4.69, 9.17) is 0 Å². The van der Waals surface area contributed by atoms with Gasteiger partial charge in [0.2, 0.25) is 0 Å². The second-order valence-electron chi connectivity index (χ2n) is 4.38. The molecule has 0 heterocycles. The van der Waals surface area contributed by atoms with Crippen molar-refractivity contribution in [1.82, 2.24) is 4.90 Å². The number of hydrogen-bond donors (Lipinski definition) is 1. The summed E-state index contributed by atoms with van der Waals surface area (Å²) in [5, 5.41) is 9.97. The molecule has 12 heavy (non-hydrogen) atoms. The fourth-order valence-electron chi connectivity index (χ4n) is 1.18. The molecule has 0 saturated heterocycles. The highest BCUT2D eigenvalue weighted by Crippen LogP contribution is 2.23. The Balaban J connectivity index is 4.34. The van der Waals surface area contributed by atoms with Crippen LogP contribution in [0.1, 0.15) is 34.1 Å². The van der Waals surface area contributed by atoms with E-state index < -0.39 is 0 Å². The number of rotatable bonds is 4. The Morgan fingerprint density at radius 2 is 1.75 bits per heavy atom. The molecule has 2 nitrogen and oxygen atoms in total. The van der Waals surface area contributed by atoms with Gasteiger partial charge in [0.15, 0.2) is 0 Å². The van der Waals surface area contributed by atoms with Crippen LogP contribution in [-0.2, 0) is 0 Å². The van der Waals surface area contributed by atoms with Crippen molar-refractivity contribution in [3.8, 4) is 0 Å². The van der Waals surface area contributed by atoms with Crippen molar-refractivity contribution < 1.29 is 5.11 Å². The van der Waals surface area contributed by atoms with Crippen molar-refractivity contribution >= 4 is 0 Å². The minimum absolute atomic E-state index is 0.130. The summed E-state index contributed by atoms with van der Waals surface area (Å²) < 4.78 is 0. The van der Waals surface area contributed by atoms with E-state index in [1.165, 1.54) is 0 Å².